The summed E-state index contributed by atoms with van der Waals surface area (Å²) in [4.78, 5) is 35.7. The Morgan fingerprint density at radius 2 is 1.64 bits per heavy atom. The van der Waals surface area contributed by atoms with Crippen LogP contribution in [0.25, 0.3) is 16.6 Å². The fourth-order valence-corrected chi connectivity index (χ4v) is 5.85. The van der Waals surface area contributed by atoms with Crippen molar-refractivity contribution >= 4 is 67.7 Å². The predicted molar refractivity (Wildman–Crippen MR) is 174 cm³/mol. The fraction of sp³-hybridized carbons (Fsp3) is 0.258. The molecule has 44 heavy (non-hydrogen) atoms. The van der Waals surface area contributed by atoms with Crippen LogP contribution in [0.1, 0.15) is 21.6 Å². The normalized spacial score (nSPS) is 10.3. The van der Waals surface area contributed by atoms with Crippen LogP contribution in [-0.2, 0) is 53.4 Å². The van der Waals surface area contributed by atoms with Crippen molar-refractivity contribution < 1.29 is 61.3 Å². The Hall–Kier alpha value is -2.54. The van der Waals surface area contributed by atoms with Gasteiger partial charge in [0.15, 0.2) is 0 Å². The van der Waals surface area contributed by atoms with E-state index >= 15 is 0 Å². The van der Waals surface area contributed by atoms with Crippen molar-refractivity contribution in [3.63, 3.8) is 0 Å². The van der Waals surface area contributed by atoms with Gasteiger partial charge in [-0.05, 0) is 55.0 Å². The number of rotatable bonds is 12. The number of carbonyl (C=O) groups excluding carboxylic acids is 3. The van der Waals surface area contributed by atoms with Gasteiger partial charge in [0.05, 0.1) is 25.1 Å². The molecule has 0 aliphatic rings. The van der Waals surface area contributed by atoms with E-state index in [1.807, 2.05) is 0 Å². The van der Waals surface area contributed by atoms with E-state index in [9.17, 15) is 14.4 Å². The predicted octanol–water partition coefficient (Wildman–Crippen LogP) is 7.48. The monoisotopic (exact) mass is 730 g/mol. The molecule has 231 valence electrons. The topological polar surface area (TPSA) is 120 Å². The first-order valence-electron chi connectivity index (χ1n) is 13.1. The molecule has 1 heterocycles. The number of hydrogen-bond donors (Lipinski definition) is 1. The number of nitrogens with zero attached hydrogens (tertiary/aromatic N) is 1. The van der Waals surface area contributed by atoms with Crippen LogP contribution in [0, 0.1) is 13.0 Å². The summed E-state index contributed by atoms with van der Waals surface area (Å²) in [6.07, 6.45) is -0.486. The van der Waals surface area contributed by atoms with Crippen LogP contribution < -0.4 is 10.1 Å². The SMILES string of the molecule is COCCSSCCOC(=O)Nc1cc[c-]cc1.COc1ccc2c(c1)c(CC([NH-])=O)c(C)n2C(=O)c1ccc(Cl)cc1.[Y]. The maximum absolute atomic E-state index is 13.0. The maximum Gasteiger partial charge on any atom is 0.409 e. The van der Waals surface area contributed by atoms with E-state index in [0.717, 1.165) is 23.5 Å². The molecule has 0 unspecified atom stereocenters. The standard InChI is InChI=1S/C19H17ClN2O3.C12H16NO3S2.Y/c1-11-15(10-18(21)23)16-9-14(25-2)7-8-17(16)22(11)19(24)12-3-5-13(20)6-4-12;1-15-7-9-17-18-10-8-16-12(14)13-11-5-3-2-4-6-11;/h3-9H,10H2,1-2H3,(H2,21,23);3-6H,7-10H2,1H3,(H,13,14);/q;-1;/p-1. The van der Waals surface area contributed by atoms with E-state index in [4.69, 9.17) is 31.5 Å². The zero-order valence-electron chi connectivity index (χ0n) is 24.6. The minimum absolute atomic E-state index is 0. The van der Waals surface area contributed by atoms with E-state index in [1.54, 1.807) is 114 Å². The molecule has 4 rings (SSSR count). The molecule has 3 aromatic carbocycles. The molecule has 0 saturated heterocycles. The Labute approximate surface area is 295 Å². The maximum atomic E-state index is 13.0. The van der Waals surface area contributed by atoms with Crippen molar-refractivity contribution in [2.24, 2.45) is 0 Å². The summed E-state index contributed by atoms with van der Waals surface area (Å²) in [5.41, 5.74) is 10.5. The van der Waals surface area contributed by atoms with Gasteiger partial charge in [-0.15, -0.1) is 12.1 Å². The van der Waals surface area contributed by atoms with Gasteiger partial charge in [0.1, 0.15) is 12.4 Å². The number of ether oxygens (including phenoxy) is 3. The summed E-state index contributed by atoms with van der Waals surface area (Å²) in [5.74, 6) is 1.41. The smallest absolute Gasteiger partial charge is 0.409 e. The van der Waals surface area contributed by atoms with E-state index in [0.29, 0.717) is 45.4 Å². The Balaban J connectivity index is 0.000000317. The Bertz CT molecular complexity index is 1520. The number of aromatic nitrogens is 1. The summed E-state index contributed by atoms with van der Waals surface area (Å²) < 4.78 is 16.8. The van der Waals surface area contributed by atoms with Crippen molar-refractivity contribution in [3.8, 4) is 5.75 Å². The molecule has 0 spiro atoms. The third-order valence-corrected chi connectivity index (χ3v) is 8.58. The molecular weight excluding hydrogens is 699 g/mol. The van der Waals surface area contributed by atoms with Crippen molar-refractivity contribution in [1.82, 2.24) is 4.57 Å². The summed E-state index contributed by atoms with van der Waals surface area (Å²) >= 11 is 5.89. The van der Waals surface area contributed by atoms with Crippen LogP contribution in [0.15, 0.2) is 66.7 Å². The number of carbonyl (C=O) groups is 3. The number of methoxy groups -OCH3 is 2. The Kier molecular flexibility index (Phi) is 16.9. The van der Waals surface area contributed by atoms with E-state index in [-0.39, 0.29) is 45.0 Å². The van der Waals surface area contributed by atoms with Gasteiger partial charge < -0.3 is 30.1 Å². The van der Waals surface area contributed by atoms with Crippen LogP contribution in [0.3, 0.4) is 0 Å². The molecule has 0 aliphatic heterocycles. The second-order valence-corrected chi connectivity index (χ2v) is 12.0. The van der Waals surface area contributed by atoms with Crippen LogP contribution in [0.2, 0.25) is 5.02 Å². The van der Waals surface area contributed by atoms with E-state index in [1.165, 1.54) is 0 Å². The van der Waals surface area contributed by atoms with Crippen molar-refractivity contribution in [2.75, 3.05) is 44.3 Å². The number of amides is 2. The second kappa shape index (κ2) is 19.8. The fourth-order valence-electron chi connectivity index (χ4n) is 3.98. The summed E-state index contributed by atoms with van der Waals surface area (Å²) in [6.45, 7) is 2.91. The van der Waals surface area contributed by atoms with Gasteiger partial charge in [0, 0.05) is 79.4 Å². The molecule has 2 amide bonds. The molecule has 0 aliphatic carbocycles. The first-order chi connectivity index (χ1) is 20.7. The molecule has 0 fully saturated rings. The zero-order chi connectivity index (χ0) is 31.2. The average molecular weight is 731 g/mol. The second-order valence-electron chi connectivity index (χ2n) is 8.88. The van der Waals surface area contributed by atoms with Gasteiger partial charge in [-0.25, -0.2) is 4.79 Å². The van der Waals surface area contributed by atoms with Gasteiger partial charge in [-0.1, -0.05) is 38.9 Å². The van der Waals surface area contributed by atoms with Crippen molar-refractivity contribution in [3.05, 3.63) is 100 Å². The van der Waals surface area contributed by atoms with Crippen LogP contribution in [-0.4, -0.2) is 61.4 Å². The Morgan fingerprint density at radius 3 is 2.25 bits per heavy atom. The van der Waals surface area contributed by atoms with E-state index < -0.39 is 12.0 Å². The number of nitrogens with one attached hydrogen (secondary N) is 2. The quantitative estimate of drug-likeness (QED) is 0.0906. The molecule has 0 atom stereocenters. The van der Waals surface area contributed by atoms with Gasteiger partial charge in [-0.2, -0.15) is 18.2 Å². The number of halogens is 1. The molecule has 9 nitrogen and oxygen atoms in total. The van der Waals surface area contributed by atoms with Gasteiger partial charge in [-0.3, -0.25) is 9.36 Å². The number of anilines is 1. The number of fused-ring (bicyclic) bond motifs is 1. The first-order valence-corrected chi connectivity index (χ1v) is 16.0. The van der Waals surface area contributed by atoms with Crippen LogP contribution in [0.5, 0.6) is 5.75 Å². The molecule has 4 aromatic rings. The van der Waals surface area contributed by atoms with Gasteiger partial charge in [0.25, 0.3) is 5.91 Å². The summed E-state index contributed by atoms with van der Waals surface area (Å²) in [5, 5.41) is 3.92. The van der Waals surface area contributed by atoms with Gasteiger partial charge >= 0.3 is 6.09 Å². The van der Waals surface area contributed by atoms with E-state index in [2.05, 4.69) is 11.4 Å². The van der Waals surface area contributed by atoms with Crippen LogP contribution >= 0.6 is 33.2 Å². The molecule has 1 aromatic heterocycles. The molecule has 0 bridgehead atoms. The van der Waals surface area contributed by atoms with Gasteiger partial charge in [0.2, 0.25) is 0 Å². The average Bonchev–Trinajstić information content (AvgIpc) is 3.27. The molecule has 1 radical (unpaired) electrons. The minimum atomic E-state index is -0.705. The van der Waals surface area contributed by atoms with Crippen molar-refractivity contribution in [2.45, 2.75) is 13.3 Å². The largest absolute Gasteiger partial charge is 0.667 e. The number of hydrogen-bond acceptors (Lipinski definition) is 8. The molecule has 13 heteroatoms. The zero-order valence-corrected chi connectivity index (χ0v) is 29.8. The first kappa shape index (κ1) is 37.7. The molecule has 2 N–H and O–H groups in total. The number of benzene rings is 3. The Morgan fingerprint density at radius 1 is 0.977 bits per heavy atom. The van der Waals surface area contributed by atoms with Crippen molar-refractivity contribution in [1.29, 1.82) is 0 Å². The molecular formula is C31H32ClN3O6S2Y-2. The summed E-state index contributed by atoms with van der Waals surface area (Å²) in [6, 6.07) is 21.8. The molecule has 0 saturated carbocycles. The van der Waals surface area contributed by atoms with Crippen LogP contribution in [0.4, 0.5) is 10.5 Å². The third kappa shape index (κ3) is 11.4. The summed E-state index contributed by atoms with van der Waals surface area (Å²) in [7, 11) is 6.61. The minimum Gasteiger partial charge on any atom is -0.667 e. The third-order valence-electron chi connectivity index (χ3n) is 5.99.